The number of likely N-dealkylation sites (N-methyl/N-ethyl adjacent to an activating group) is 1. The van der Waals surface area contributed by atoms with Gasteiger partial charge in [-0.3, -0.25) is 4.79 Å². The topological polar surface area (TPSA) is 62.9 Å². The van der Waals surface area contributed by atoms with E-state index in [4.69, 9.17) is 9.15 Å². The minimum atomic E-state index is -0.605. The number of aliphatic hydroxyl groups is 1. The van der Waals surface area contributed by atoms with Gasteiger partial charge in [0.05, 0.1) is 38.0 Å². The molecule has 1 aromatic carbocycles. The van der Waals surface area contributed by atoms with Gasteiger partial charge in [0, 0.05) is 17.5 Å². The Morgan fingerprint density at radius 2 is 2.17 bits per heavy atom. The SMILES string of the molecule is CCc1ccc2occ(CC(=O)N(CC)[C@@H]3COC[C@H]3O)c2c1. The van der Waals surface area contributed by atoms with E-state index in [2.05, 4.69) is 13.0 Å². The van der Waals surface area contributed by atoms with E-state index in [0.717, 1.165) is 23.0 Å². The normalized spacial score (nSPS) is 21.0. The molecule has 1 aromatic heterocycles. The van der Waals surface area contributed by atoms with Crippen molar-refractivity contribution >= 4 is 16.9 Å². The minimum absolute atomic E-state index is 0.00773. The van der Waals surface area contributed by atoms with E-state index in [0.29, 0.717) is 19.8 Å². The molecule has 1 aliphatic rings. The molecule has 1 amide bonds. The van der Waals surface area contributed by atoms with Crippen LogP contribution in [-0.2, 0) is 22.4 Å². The van der Waals surface area contributed by atoms with Crippen LogP contribution in [0.3, 0.4) is 0 Å². The maximum absolute atomic E-state index is 12.7. The Hall–Kier alpha value is -1.85. The Bertz CT molecular complexity index is 693. The minimum Gasteiger partial charge on any atom is -0.464 e. The summed E-state index contributed by atoms with van der Waals surface area (Å²) < 4.78 is 10.8. The van der Waals surface area contributed by atoms with Gasteiger partial charge < -0.3 is 19.2 Å². The highest BCUT2D eigenvalue weighted by molar-refractivity contribution is 5.88. The van der Waals surface area contributed by atoms with Crippen LogP contribution in [-0.4, -0.2) is 47.8 Å². The Labute approximate surface area is 135 Å². The second kappa shape index (κ2) is 6.72. The van der Waals surface area contributed by atoms with Crippen LogP contribution in [0.1, 0.15) is 25.0 Å². The molecule has 2 atom stereocenters. The smallest absolute Gasteiger partial charge is 0.227 e. The molecule has 124 valence electrons. The largest absolute Gasteiger partial charge is 0.464 e. The lowest BCUT2D eigenvalue weighted by Gasteiger charge is -2.28. The zero-order chi connectivity index (χ0) is 16.4. The Kier molecular flexibility index (Phi) is 4.68. The lowest BCUT2D eigenvalue weighted by Crippen LogP contribution is -2.47. The number of carbonyl (C=O) groups excluding carboxylic acids is 1. The number of hydrogen-bond acceptors (Lipinski definition) is 4. The summed E-state index contributed by atoms with van der Waals surface area (Å²) in [7, 11) is 0. The summed E-state index contributed by atoms with van der Waals surface area (Å²) in [5.41, 5.74) is 2.92. The summed E-state index contributed by atoms with van der Waals surface area (Å²) in [4.78, 5) is 14.4. The molecule has 0 aliphatic carbocycles. The van der Waals surface area contributed by atoms with Crippen LogP contribution in [0, 0.1) is 0 Å². The fraction of sp³-hybridized carbons (Fsp3) is 0.500. The lowest BCUT2D eigenvalue weighted by atomic mass is 10.0. The van der Waals surface area contributed by atoms with Gasteiger partial charge in [0.1, 0.15) is 5.58 Å². The molecule has 5 heteroatoms. The molecule has 2 heterocycles. The molecule has 0 unspecified atom stereocenters. The summed E-state index contributed by atoms with van der Waals surface area (Å²) in [6.07, 6.45) is 2.28. The van der Waals surface area contributed by atoms with Crippen molar-refractivity contribution in [3.8, 4) is 0 Å². The van der Waals surface area contributed by atoms with Crippen LogP contribution in [0.5, 0.6) is 0 Å². The molecule has 0 saturated carbocycles. The molecule has 1 fully saturated rings. The van der Waals surface area contributed by atoms with Gasteiger partial charge in [-0.1, -0.05) is 13.0 Å². The summed E-state index contributed by atoms with van der Waals surface area (Å²) in [5, 5.41) is 11.0. The quantitative estimate of drug-likeness (QED) is 0.918. The van der Waals surface area contributed by atoms with Crippen LogP contribution in [0.4, 0.5) is 0 Å². The fourth-order valence-electron chi connectivity index (χ4n) is 3.18. The Morgan fingerprint density at radius 1 is 1.35 bits per heavy atom. The standard InChI is InChI=1S/C18H23NO4/c1-3-12-5-6-17-14(7-12)13(9-23-17)8-18(21)19(4-2)15-10-22-11-16(15)20/h5-7,9,15-16,20H,3-4,8,10-11H2,1-2H3/t15-,16-/m1/s1. The van der Waals surface area contributed by atoms with Crippen molar-refractivity contribution in [1.29, 1.82) is 0 Å². The molecule has 0 bridgehead atoms. The van der Waals surface area contributed by atoms with E-state index < -0.39 is 6.10 Å². The third-order valence-electron chi connectivity index (χ3n) is 4.55. The Balaban J connectivity index is 1.81. The highest BCUT2D eigenvalue weighted by Crippen LogP contribution is 2.24. The van der Waals surface area contributed by atoms with Crippen molar-refractivity contribution < 1.29 is 19.1 Å². The highest BCUT2D eigenvalue weighted by atomic mass is 16.5. The molecule has 1 saturated heterocycles. The maximum atomic E-state index is 12.7. The molecule has 3 rings (SSSR count). The fourth-order valence-corrected chi connectivity index (χ4v) is 3.18. The second-order valence-corrected chi connectivity index (χ2v) is 5.97. The summed E-state index contributed by atoms with van der Waals surface area (Å²) in [6, 6.07) is 5.83. The molecule has 2 aromatic rings. The van der Waals surface area contributed by atoms with Gasteiger partial charge in [0.2, 0.25) is 5.91 Å². The number of ether oxygens (including phenoxy) is 1. The molecule has 0 radical (unpaired) electrons. The number of aryl methyl sites for hydroxylation is 1. The van der Waals surface area contributed by atoms with Gasteiger partial charge in [-0.25, -0.2) is 0 Å². The number of rotatable bonds is 5. The number of carbonyl (C=O) groups is 1. The molecular formula is C18H23NO4. The number of amides is 1. The van der Waals surface area contributed by atoms with Crippen molar-refractivity contribution in [3.63, 3.8) is 0 Å². The third kappa shape index (κ3) is 3.12. The summed E-state index contributed by atoms with van der Waals surface area (Å²) >= 11 is 0. The van der Waals surface area contributed by atoms with Crippen molar-refractivity contribution in [1.82, 2.24) is 4.90 Å². The van der Waals surface area contributed by atoms with Crippen LogP contribution in [0.15, 0.2) is 28.9 Å². The molecule has 23 heavy (non-hydrogen) atoms. The first-order valence-electron chi connectivity index (χ1n) is 8.18. The number of hydrogen-bond donors (Lipinski definition) is 1. The highest BCUT2D eigenvalue weighted by Gasteiger charge is 2.33. The van der Waals surface area contributed by atoms with Gasteiger partial charge in [0.15, 0.2) is 0 Å². The zero-order valence-corrected chi connectivity index (χ0v) is 13.6. The van der Waals surface area contributed by atoms with Gasteiger partial charge >= 0.3 is 0 Å². The van der Waals surface area contributed by atoms with Crippen molar-refractivity contribution in [2.24, 2.45) is 0 Å². The summed E-state index contributed by atoms with van der Waals surface area (Å²) in [5.74, 6) is -0.00773. The molecule has 1 aliphatic heterocycles. The van der Waals surface area contributed by atoms with Gasteiger partial charge in [-0.15, -0.1) is 0 Å². The van der Waals surface area contributed by atoms with Crippen LogP contribution >= 0.6 is 0 Å². The first-order chi connectivity index (χ1) is 11.1. The van der Waals surface area contributed by atoms with E-state index in [1.54, 1.807) is 11.2 Å². The van der Waals surface area contributed by atoms with E-state index in [1.165, 1.54) is 5.56 Å². The van der Waals surface area contributed by atoms with E-state index in [1.807, 2.05) is 19.1 Å². The van der Waals surface area contributed by atoms with Crippen molar-refractivity contribution in [2.75, 3.05) is 19.8 Å². The number of nitrogens with zero attached hydrogens (tertiary/aromatic N) is 1. The zero-order valence-electron chi connectivity index (χ0n) is 13.6. The van der Waals surface area contributed by atoms with Gasteiger partial charge in [-0.05, 0) is 31.0 Å². The average molecular weight is 317 g/mol. The van der Waals surface area contributed by atoms with E-state index >= 15 is 0 Å². The number of furan rings is 1. The van der Waals surface area contributed by atoms with E-state index in [9.17, 15) is 9.90 Å². The lowest BCUT2D eigenvalue weighted by molar-refractivity contribution is -0.134. The third-order valence-corrected chi connectivity index (χ3v) is 4.55. The first kappa shape index (κ1) is 16.0. The predicted octanol–water partition coefficient (Wildman–Crippen LogP) is 2.15. The molecule has 5 nitrogen and oxygen atoms in total. The first-order valence-corrected chi connectivity index (χ1v) is 8.18. The number of benzene rings is 1. The molecular weight excluding hydrogens is 294 g/mol. The monoisotopic (exact) mass is 317 g/mol. The molecule has 0 spiro atoms. The second-order valence-electron chi connectivity index (χ2n) is 5.97. The van der Waals surface area contributed by atoms with Gasteiger partial charge in [-0.2, -0.15) is 0 Å². The Morgan fingerprint density at radius 3 is 2.83 bits per heavy atom. The van der Waals surface area contributed by atoms with Crippen LogP contribution in [0.25, 0.3) is 11.0 Å². The molecule has 1 N–H and O–H groups in total. The van der Waals surface area contributed by atoms with Crippen molar-refractivity contribution in [3.05, 3.63) is 35.6 Å². The average Bonchev–Trinajstić information content (AvgIpc) is 3.15. The maximum Gasteiger partial charge on any atom is 0.227 e. The van der Waals surface area contributed by atoms with Crippen LogP contribution < -0.4 is 0 Å². The number of fused-ring (bicyclic) bond motifs is 1. The number of aliphatic hydroxyl groups excluding tert-OH is 1. The predicted molar refractivity (Wildman–Crippen MR) is 87.3 cm³/mol. The van der Waals surface area contributed by atoms with Crippen molar-refractivity contribution in [2.45, 2.75) is 38.8 Å². The summed E-state index contributed by atoms with van der Waals surface area (Å²) in [6.45, 7) is 5.27. The van der Waals surface area contributed by atoms with E-state index in [-0.39, 0.29) is 18.4 Å². The van der Waals surface area contributed by atoms with Crippen LogP contribution in [0.2, 0.25) is 0 Å². The van der Waals surface area contributed by atoms with Gasteiger partial charge in [0.25, 0.3) is 0 Å².